The molecule has 1 unspecified atom stereocenters. The summed E-state index contributed by atoms with van der Waals surface area (Å²) in [6.07, 6.45) is 69.2. The quantitative estimate of drug-likeness (QED) is 0.0263. The molecule has 6 nitrogen and oxygen atoms in total. The van der Waals surface area contributed by atoms with E-state index in [2.05, 4.69) is 130 Å². The Bertz CT molecular complexity index is 1370. The first kappa shape index (κ1) is 58.8. The number of esters is 3. The summed E-state index contributed by atoms with van der Waals surface area (Å²) >= 11 is 0. The van der Waals surface area contributed by atoms with Gasteiger partial charge in [0.05, 0.1) is 0 Å². The van der Waals surface area contributed by atoms with Crippen LogP contribution in [0.25, 0.3) is 0 Å². The van der Waals surface area contributed by atoms with Gasteiger partial charge in [0.1, 0.15) is 13.2 Å². The zero-order valence-corrected chi connectivity index (χ0v) is 40.3. The van der Waals surface area contributed by atoms with Crippen molar-refractivity contribution >= 4 is 17.9 Å². The molecule has 0 aromatic rings. The SMILES string of the molecule is CC/C=C\C/C=C\C/C=C\C/C=C\C/C=C\C/C=C\CCCCCCC(=O)OCC(COC(=O)CCCCCCCCCCC)OC(=O)CC/C=C\C/C=C\C/C=C\C/C=C\CC. The second kappa shape index (κ2) is 50.5. The second-order valence-corrected chi connectivity index (χ2v) is 16.0. The minimum atomic E-state index is -0.827. The highest BCUT2D eigenvalue weighted by Crippen LogP contribution is 2.12. The predicted molar refractivity (Wildman–Crippen MR) is 269 cm³/mol. The smallest absolute Gasteiger partial charge is 0.306 e. The van der Waals surface area contributed by atoms with Crippen LogP contribution < -0.4 is 0 Å². The Morgan fingerprint density at radius 3 is 1.03 bits per heavy atom. The molecule has 0 aliphatic rings. The molecule has 0 heterocycles. The van der Waals surface area contributed by atoms with Crippen molar-refractivity contribution in [2.45, 2.75) is 207 Å². The molecule has 0 saturated heterocycles. The molecule has 1 atom stereocenters. The highest BCUT2D eigenvalue weighted by molar-refractivity contribution is 5.71. The number of carbonyl (C=O) groups excluding carboxylic acids is 3. The monoisotopic (exact) mass is 871 g/mol. The summed E-state index contributed by atoms with van der Waals surface area (Å²) in [5.74, 6) is -1.04. The highest BCUT2D eigenvalue weighted by atomic mass is 16.6. The summed E-state index contributed by atoms with van der Waals surface area (Å²) < 4.78 is 16.6. The summed E-state index contributed by atoms with van der Waals surface area (Å²) in [4.78, 5) is 37.8. The standard InChI is InChI=1S/C57H90O6/c1-4-7-10-13-16-19-21-23-24-25-26-27-28-29-30-31-32-34-35-38-41-44-47-50-56(59)62-53-54(52-61-55(58)49-46-43-40-37-18-15-12-9-6-3)63-57(60)51-48-45-42-39-36-33-22-20-17-14-11-8-5-2/h7-8,10-11,16-17,19-20,23-24,26-27,29-30,32-34,36,42,45,54H,4-6,9,12-15,18,21-22,25,28,31,35,37-41,43-44,46-53H2,1-3H3/b10-7-,11-8-,19-16-,20-17-,24-23-,27-26-,30-29-,34-32-,36-33-,45-42-. The lowest BCUT2D eigenvalue weighted by molar-refractivity contribution is -0.166. The molecule has 0 bridgehead atoms. The van der Waals surface area contributed by atoms with Crippen molar-refractivity contribution in [1.82, 2.24) is 0 Å². The molecule has 354 valence electrons. The van der Waals surface area contributed by atoms with Gasteiger partial charge in [-0.2, -0.15) is 0 Å². The molecule has 6 heteroatoms. The summed E-state index contributed by atoms with van der Waals surface area (Å²) in [7, 11) is 0. The van der Waals surface area contributed by atoms with Crippen molar-refractivity contribution in [3.8, 4) is 0 Å². The van der Waals surface area contributed by atoms with Crippen molar-refractivity contribution in [3.05, 3.63) is 122 Å². The number of allylic oxidation sites excluding steroid dienone is 20. The van der Waals surface area contributed by atoms with Gasteiger partial charge >= 0.3 is 17.9 Å². The minimum absolute atomic E-state index is 0.117. The molecule has 0 spiro atoms. The molecular formula is C57H90O6. The molecule has 0 aromatic carbocycles. The maximum Gasteiger partial charge on any atom is 0.306 e. The maximum atomic E-state index is 12.7. The summed E-state index contributed by atoms with van der Waals surface area (Å²) in [6, 6.07) is 0. The Kier molecular flexibility index (Phi) is 47.1. The van der Waals surface area contributed by atoms with Crippen LogP contribution in [-0.2, 0) is 28.6 Å². The van der Waals surface area contributed by atoms with Crippen LogP contribution in [0.3, 0.4) is 0 Å². The van der Waals surface area contributed by atoms with E-state index in [0.717, 1.165) is 116 Å². The van der Waals surface area contributed by atoms with Crippen LogP contribution >= 0.6 is 0 Å². The molecule has 0 amide bonds. The lowest BCUT2D eigenvalue weighted by Crippen LogP contribution is -2.30. The van der Waals surface area contributed by atoms with Gasteiger partial charge in [-0.25, -0.2) is 0 Å². The number of hydrogen-bond acceptors (Lipinski definition) is 6. The van der Waals surface area contributed by atoms with E-state index in [9.17, 15) is 14.4 Å². The van der Waals surface area contributed by atoms with E-state index in [0.29, 0.717) is 19.3 Å². The second-order valence-electron chi connectivity index (χ2n) is 16.0. The molecule has 0 aliphatic heterocycles. The molecule has 0 aliphatic carbocycles. The number of ether oxygens (including phenoxy) is 3. The van der Waals surface area contributed by atoms with Crippen molar-refractivity contribution < 1.29 is 28.6 Å². The third kappa shape index (κ3) is 48.7. The normalized spacial score (nSPS) is 13.1. The molecule has 0 rings (SSSR count). The highest BCUT2D eigenvalue weighted by Gasteiger charge is 2.19. The summed E-state index contributed by atoms with van der Waals surface area (Å²) in [5.41, 5.74) is 0. The Morgan fingerprint density at radius 2 is 0.651 bits per heavy atom. The number of carbonyl (C=O) groups is 3. The van der Waals surface area contributed by atoms with E-state index >= 15 is 0 Å². The molecule has 63 heavy (non-hydrogen) atoms. The first-order valence-corrected chi connectivity index (χ1v) is 25.0. The third-order valence-corrected chi connectivity index (χ3v) is 9.98. The Balaban J connectivity index is 4.43. The van der Waals surface area contributed by atoms with Gasteiger partial charge in [0, 0.05) is 19.3 Å². The van der Waals surface area contributed by atoms with E-state index < -0.39 is 12.1 Å². The van der Waals surface area contributed by atoms with Gasteiger partial charge in [-0.15, -0.1) is 0 Å². The Hall–Kier alpha value is -4.19. The van der Waals surface area contributed by atoms with E-state index in [4.69, 9.17) is 14.2 Å². The van der Waals surface area contributed by atoms with Crippen molar-refractivity contribution in [3.63, 3.8) is 0 Å². The van der Waals surface area contributed by atoms with Crippen LogP contribution in [0.2, 0.25) is 0 Å². The third-order valence-electron chi connectivity index (χ3n) is 9.98. The first-order chi connectivity index (χ1) is 31.0. The van der Waals surface area contributed by atoms with Crippen LogP contribution in [0.15, 0.2) is 122 Å². The molecule has 0 saturated carbocycles. The molecular weight excluding hydrogens is 781 g/mol. The van der Waals surface area contributed by atoms with Crippen LogP contribution in [0, 0.1) is 0 Å². The van der Waals surface area contributed by atoms with Gasteiger partial charge in [-0.05, 0) is 96.3 Å². The summed E-state index contributed by atoms with van der Waals surface area (Å²) in [5, 5.41) is 0. The van der Waals surface area contributed by atoms with Gasteiger partial charge in [0.25, 0.3) is 0 Å². The topological polar surface area (TPSA) is 78.9 Å². The number of hydrogen-bond donors (Lipinski definition) is 0. The molecule has 0 radical (unpaired) electrons. The van der Waals surface area contributed by atoms with Crippen LogP contribution in [-0.4, -0.2) is 37.2 Å². The van der Waals surface area contributed by atoms with E-state index in [1.165, 1.54) is 38.5 Å². The number of unbranched alkanes of at least 4 members (excludes halogenated alkanes) is 12. The van der Waals surface area contributed by atoms with Crippen LogP contribution in [0.1, 0.15) is 201 Å². The van der Waals surface area contributed by atoms with Crippen molar-refractivity contribution in [1.29, 1.82) is 0 Å². The Morgan fingerprint density at radius 1 is 0.333 bits per heavy atom. The minimum Gasteiger partial charge on any atom is -0.462 e. The van der Waals surface area contributed by atoms with Gasteiger partial charge in [0.15, 0.2) is 6.10 Å². The average Bonchev–Trinajstić information content (AvgIpc) is 3.28. The average molecular weight is 871 g/mol. The van der Waals surface area contributed by atoms with Gasteiger partial charge in [-0.1, -0.05) is 206 Å². The van der Waals surface area contributed by atoms with Crippen molar-refractivity contribution in [2.75, 3.05) is 13.2 Å². The van der Waals surface area contributed by atoms with Gasteiger partial charge in [0.2, 0.25) is 0 Å². The van der Waals surface area contributed by atoms with Gasteiger partial charge < -0.3 is 14.2 Å². The maximum absolute atomic E-state index is 12.7. The molecule has 0 fully saturated rings. The fraction of sp³-hybridized carbons (Fsp3) is 0.596. The Labute approximate surface area is 386 Å². The zero-order chi connectivity index (χ0) is 45.8. The molecule has 0 N–H and O–H groups in total. The fourth-order valence-corrected chi connectivity index (χ4v) is 6.28. The van der Waals surface area contributed by atoms with Gasteiger partial charge in [-0.3, -0.25) is 14.4 Å². The predicted octanol–water partition coefficient (Wildman–Crippen LogP) is 16.5. The zero-order valence-electron chi connectivity index (χ0n) is 40.3. The molecule has 0 aromatic heterocycles. The van der Waals surface area contributed by atoms with Crippen LogP contribution in [0.4, 0.5) is 0 Å². The van der Waals surface area contributed by atoms with E-state index in [1.807, 2.05) is 12.2 Å². The van der Waals surface area contributed by atoms with E-state index in [1.54, 1.807) is 0 Å². The lowest BCUT2D eigenvalue weighted by atomic mass is 10.1. The largest absolute Gasteiger partial charge is 0.462 e. The van der Waals surface area contributed by atoms with Crippen LogP contribution in [0.5, 0.6) is 0 Å². The summed E-state index contributed by atoms with van der Waals surface area (Å²) in [6.45, 7) is 6.28. The fourth-order valence-electron chi connectivity index (χ4n) is 6.28. The first-order valence-electron chi connectivity index (χ1n) is 25.0. The van der Waals surface area contributed by atoms with E-state index in [-0.39, 0.29) is 31.6 Å². The van der Waals surface area contributed by atoms with Crippen molar-refractivity contribution in [2.24, 2.45) is 0 Å². The number of rotatable bonds is 43. The lowest BCUT2D eigenvalue weighted by Gasteiger charge is -2.18.